The molecule has 0 saturated carbocycles. The van der Waals surface area contributed by atoms with Crippen LogP contribution in [-0.2, 0) is 52.4 Å². The second-order valence-electron chi connectivity index (χ2n) is 28.8. The van der Waals surface area contributed by atoms with E-state index in [-0.39, 0.29) is 65.9 Å². The van der Waals surface area contributed by atoms with Gasteiger partial charge in [0.05, 0.1) is 5.69 Å². The molecule has 13 heteroatoms. The number of benzene rings is 2. The Kier molecular flexibility index (Phi) is 51.4. The van der Waals surface area contributed by atoms with Crippen molar-refractivity contribution in [2.24, 2.45) is 0 Å². The predicted molar refractivity (Wildman–Crippen MR) is 372 cm³/mol. The van der Waals surface area contributed by atoms with Gasteiger partial charge in [-0.25, -0.2) is 4.98 Å². The second-order valence-corrected chi connectivity index (χ2v) is 64.6. The molecule has 0 spiro atoms. The Hall–Kier alpha value is -0.376. The fourth-order valence-electron chi connectivity index (χ4n) is 5.02. The van der Waals surface area contributed by atoms with E-state index >= 15 is 0 Å². The maximum Gasteiger partial charge on any atom is 4.00 e. The topological polar surface area (TPSA) is 51.9 Å². The van der Waals surface area contributed by atoms with Crippen LogP contribution in [0.5, 0.6) is 0 Å². The minimum absolute atomic E-state index is 0. The standard InChI is InChI=1S/C17H22N2.C17H21N2.7C4H11Si.CH4.2Zr/c2*1-11(2)18-16-8-6-7-15(19-16)17-13(4)9-12(3)10-14(17)5;7*1-5(2,3)4;;;/h6-11H,1-5H3,(H,18,19);6-11H,1-5H3;7*1H2,2-4H3;1H4;;/q;8*-1;;+3;+4. The third-order valence-electron chi connectivity index (χ3n) is 6.18. The van der Waals surface area contributed by atoms with Crippen LogP contribution in [0.3, 0.4) is 0 Å². The summed E-state index contributed by atoms with van der Waals surface area (Å²) in [7, 11) is -6.03. The summed E-state index contributed by atoms with van der Waals surface area (Å²) in [5.74, 6) is 1.75. The van der Waals surface area contributed by atoms with E-state index in [0.717, 1.165) is 23.0 Å². The molecule has 2 heterocycles. The smallest absolute Gasteiger partial charge is 0.463 e. The quantitative estimate of drug-likeness (QED) is 0.155. The predicted octanol–water partition coefficient (Wildman–Crippen LogP) is 22.1. The molecular formula is C63H124N4Si7Zr2-. The molecule has 0 aliphatic heterocycles. The van der Waals surface area contributed by atoms with Crippen molar-refractivity contribution >= 4 is 68.2 Å². The Bertz CT molecular complexity index is 1760. The summed E-state index contributed by atoms with van der Waals surface area (Å²) in [5.41, 5.74) is 12.2. The number of rotatable bonds is 6. The van der Waals surface area contributed by atoms with Crippen molar-refractivity contribution in [2.75, 3.05) is 5.32 Å². The molecule has 1 N–H and O–H groups in total. The Morgan fingerprint density at radius 1 is 0.408 bits per heavy atom. The number of nitrogens with zero attached hydrogens (tertiary/aromatic N) is 3. The number of hydrogen-bond donors (Lipinski definition) is 1. The molecule has 0 fully saturated rings. The molecule has 4 nitrogen and oxygen atoms in total. The van der Waals surface area contributed by atoms with Crippen LogP contribution >= 0.6 is 0 Å². The molecule has 0 aliphatic rings. The molecule has 4 aromatic rings. The van der Waals surface area contributed by atoms with Crippen molar-refractivity contribution in [3.05, 3.63) is 145 Å². The summed E-state index contributed by atoms with van der Waals surface area (Å²) in [4.78, 5) is 9.39. The molecule has 0 unspecified atom stereocenters. The zero-order valence-corrected chi connectivity index (χ0v) is 67.1. The molecule has 0 bridgehead atoms. The van der Waals surface area contributed by atoms with Crippen molar-refractivity contribution in [3.8, 4) is 22.5 Å². The third-order valence-corrected chi connectivity index (χ3v) is 6.18. The largest absolute Gasteiger partial charge is 4.00 e. The van der Waals surface area contributed by atoms with E-state index in [1.54, 1.807) is 0 Å². The first-order valence-electron chi connectivity index (χ1n) is 26.5. The summed E-state index contributed by atoms with van der Waals surface area (Å²) >= 11 is 0. The van der Waals surface area contributed by atoms with Gasteiger partial charge in [-0.3, -0.25) is 0 Å². The number of pyridine rings is 2. The monoisotopic (exact) mass is 1310 g/mol. The van der Waals surface area contributed by atoms with Crippen LogP contribution in [0.2, 0.25) is 137 Å². The summed E-state index contributed by atoms with van der Waals surface area (Å²) in [6, 6.07) is 21.7. The van der Waals surface area contributed by atoms with Crippen molar-refractivity contribution < 1.29 is 52.4 Å². The van der Waals surface area contributed by atoms with Crippen LogP contribution in [0.15, 0.2) is 60.7 Å². The molecule has 1 radical (unpaired) electrons. The van der Waals surface area contributed by atoms with E-state index in [4.69, 9.17) is 4.98 Å². The van der Waals surface area contributed by atoms with Crippen LogP contribution in [-0.4, -0.2) is 78.6 Å². The van der Waals surface area contributed by atoms with Crippen molar-refractivity contribution in [2.45, 2.75) is 226 Å². The molecule has 0 atom stereocenters. The first-order chi connectivity index (χ1) is 31.9. The molecule has 4 rings (SSSR count). The van der Waals surface area contributed by atoms with Crippen LogP contribution in [0.1, 0.15) is 68.5 Å². The van der Waals surface area contributed by atoms with Crippen molar-refractivity contribution in [1.82, 2.24) is 9.97 Å². The van der Waals surface area contributed by atoms with E-state index in [0.29, 0.717) is 6.04 Å². The van der Waals surface area contributed by atoms with Crippen LogP contribution in [0, 0.1) is 87.4 Å². The Morgan fingerprint density at radius 3 is 0.855 bits per heavy atom. The first kappa shape index (κ1) is 92.1. The Balaban J connectivity index is -0.000000124. The Labute approximate surface area is 524 Å². The fraction of sp³-hybridized carbons (Fsp3) is 0.540. The molecule has 2 aromatic heterocycles. The minimum atomic E-state index is -0.861. The molecule has 433 valence electrons. The number of aryl methyl sites for hydroxylation is 6. The van der Waals surface area contributed by atoms with Gasteiger partial charge >= 0.3 is 52.4 Å². The van der Waals surface area contributed by atoms with Gasteiger partial charge in [-0.2, -0.15) is 0 Å². The van der Waals surface area contributed by atoms with Crippen LogP contribution in [0.25, 0.3) is 27.8 Å². The van der Waals surface area contributed by atoms with Crippen molar-refractivity contribution in [1.29, 1.82) is 0 Å². The molecule has 76 heavy (non-hydrogen) atoms. The van der Waals surface area contributed by atoms with Crippen LogP contribution < -0.4 is 5.32 Å². The first-order valence-corrected chi connectivity index (χ1v) is 52.4. The van der Waals surface area contributed by atoms with Gasteiger partial charge in [0.25, 0.3) is 0 Å². The zero-order valence-electron chi connectivity index (χ0n) is 55.2. The molecule has 2 aromatic carbocycles. The fourth-order valence-corrected chi connectivity index (χ4v) is 5.02. The van der Waals surface area contributed by atoms with Gasteiger partial charge < -0.3 is 61.4 Å². The van der Waals surface area contributed by atoms with Gasteiger partial charge in [0.15, 0.2) is 0 Å². The zero-order chi connectivity index (χ0) is 59.5. The van der Waals surface area contributed by atoms with E-state index in [9.17, 15) is 0 Å². The third kappa shape index (κ3) is 84.9. The second kappa shape index (κ2) is 42.4. The number of anilines is 1. The van der Waals surface area contributed by atoms with E-state index in [1.807, 2.05) is 18.2 Å². The van der Waals surface area contributed by atoms with Gasteiger partial charge in [-0.05, 0) is 107 Å². The summed E-state index contributed by atoms with van der Waals surface area (Å²) in [6.45, 7) is 95.1. The Morgan fingerprint density at radius 2 is 0.632 bits per heavy atom. The van der Waals surface area contributed by atoms with E-state index < -0.39 is 56.5 Å². The normalized spacial score (nSPS) is 10.9. The van der Waals surface area contributed by atoms with Crippen LogP contribution in [0.4, 0.5) is 11.6 Å². The number of nitrogens with one attached hydrogen (secondary N) is 1. The summed E-state index contributed by atoms with van der Waals surface area (Å²) in [6.07, 6.45) is 0. The average molecular weight is 1320 g/mol. The van der Waals surface area contributed by atoms with Gasteiger partial charge in [0, 0.05) is 11.6 Å². The number of aromatic nitrogens is 2. The number of hydrogen-bond acceptors (Lipinski definition) is 3. The van der Waals surface area contributed by atoms with Gasteiger partial charge in [0.1, 0.15) is 5.82 Å². The SMILES string of the molecule is C.Cc1cc(C)c(-c2cccc(NC(C)C)n2)c(C)c1.Cc1cc(C)c(-c2cccc([N-]C(C)C)n2)c(C)c1.[CH2-][Si](C)(C)C.[CH2-][Si](C)(C)C.[CH2-][Si](C)(C)C.[CH2-][Si](C)(C)C.[CH2-][Si](C)(C)C.[CH2-][Si](C)(C)C.[CH2-][Si](C)(C)C.[Zr+3].[Zr+4]. The maximum atomic E-state index is 4.72. The molecule has 0 amide bonds. The summed E-state index contributed by atoms with van der Waals surface area (Å²) < 4.78 is 0. The summed E-state index contributed by atoms with van der Waals surface area (Å²) in [5, 5.41) is 7.87. The average Bonchev–Trinajstić information content (AvgIpc) is 3.02. The van der Waals surface area contributed by atoms with Gasteiger partial charge in [-0.1, -0.05) is 224 Å². The molecular weight excluding hydrogens is 1190 g/mol. The molecule has 0 aliphatic carbocycles. The van der Waals surface area contributed by atoms with Crippen molar-refractivity contribution in [3.63, 3.8) is 0 Å². The van der Waals surface area contributed by atoms with E-state index in [1.165, 1.54) is 44.5 Å². The minimum Gasteiger partial charge on any atom is -0.463 e. The maximum absolute atomic E-state index is 4.72. The van der Waals surface area contributed by atoms with E-state index in [2.05, 4.69) is 311 Å². The molecule has 0 saturated heterocycles. The van der Waals surface area contributed by atoms with Gasteiger partial charge in [0.2, 0.25) is 0 Å². The van der Waals surface area contributed by atoms with Gasteiger partial charge in [-0.15, -0.1) is 56.5 Å².